The highest BCUT2D eigenvalue weighted by molar-refractivity contribution is 9.10. The molecule has 0 heterocycles. The number of benzene rings is 1. The molecule has 2 N–H and O–H groups in total. The molecule has 0 atom stereocenters. The number of carboxylic acids is 1. The maximum atomic E-state index is 14.0. The molecule has 0 radical (unpaired) electrons. The third-order valence-electron chi connectivity index (χ3n) is 2.49. The summed E-state index contributed by atoms with van der Waals surface area (Å²) in [5.41, 5.74) is -0.750. The Hall–Kier alpha value is -1.07. The zero-order valence-electron chi connectivity index (χ0n) is 11.1. The number of carboxylic acid groups (broad SMARTS) is 1. The molecule has 1 aromatic carbocycles. The van der Waals surface area contributed by atoms with Gasteiger partial charge < -0.3 is 14.6 Å². The molecule has 0 saturated carbocycles. The Morgan fingerprint density at radius 2 is 2.00 bits per heavy atom. The molecule has 0 aromatic heterocycles. The van der Waals surface area contributed by atoms with Crippen molar-refractivity contribution < 1.29 is 32.2 Å². The van der Waals surface area contributed by atoms with E-state index in [9.17, 15) is 17.6 Å². The molecule has 1 rings (SSSR count). The van der Waals surface area contributed by atoms with Gasteiger partial charge in [-0.3, -0.25) is 0 Å². The number of nitrogens with one attached hydrogen (secondary N) is 1. The first-order chi connectivity index (χ1) is 9.72. The van der Waals surface area contributed by atoms with E-state index in [-0.39, 0.29) is 11.0 Å². The van der Waals surface area contributed by atoms with Crippen LogP contribution >= 0.6 is 15.9 Å². The minimum atomic E-state index is -4.26. The summed E-state index contributed by atoms with van der Waals surface area (Å²) in [6.07, 6.45) is -0.853. The number of sulfonamides is 1. The van der Waals surface area contributed by atoms with Crippen molar-refractivity contribution in [3.8, 4) is 0 Å². The van der Waals surface area contributed by atoms with Crippen molar-refractivity contribution in [2.24, 2.45) is 0 Å². The van der Waals surface area contributed by atoms with E-state index in [0.717, 1.165) is 12.1 Å². The lowest BCUT2D eigenvalue weighted by Crippen LogP contribution is -2.34. The SMILES string of the molecule is COC(CNS(=O)(=O)c1cc(Br)cc(C(=O)O)c1F)OC. The maximum Gasteiger partial charge on any atom is 0.338 e. The Bertz CT molecular complexity index is 632. The summed E-state index contributed by atoms with van der Waals surface area (Å²) in [5.74, 6) is -2.92. The summed E-state index contributed by atoms with van der Waals surface area (Å²) in [6.45, 7) is -0.260. The number of methoxy groups -OCH3 is 2. The number of ether oxygens (including phenoxy) is 2. The first-order valence-electron chi connectivity index (χ1n) is 5.50. The third-order valence-corrected chi connectivity index (χ3v) is 4.37. The van der Waals surface area contributed by atoms with Gasteiger partial charge in [0.25, 0.3) is 0 Å². The minimum Gasteiger partial charge on any atom is -0.478 e. The van der Waals surface area contributed by atoms with Gasteiger partial charge in [0, 0.05) is 18.7 Å². The predicted octanol–water partition coefficient (Wildman–Crippen LogP) is 1.18. The Labute approximate surface area is 129 Å². The van der Waals surface area contributed by atoms with E-state index in [1.807, 2.05) is 0 Å². The maximum absolute atomic E-state index is 14.0. The number of halogens is 2. The number of aromatic carboxylic acids is 1. The summed E-state index contributed by atoms with van der Waals surface area (Å²) in [4.78, 5) is 10.1. The second-order valence-electron chi connectivity index (χ2n) is 3.82. The molecule has 10 heteroatoms. The number of carbonyl (C=O) groups is 1. The lowest BCUT2D eigenvalue weighted by atomic mass is 10.2. The Morgan fingerprint density at radius 1 is 1.43 bits per heavy atom. The van der Waals surface area contributed by atoms with Gasteiger partial charge in [0.05, 0.1) is 12.1 Å². The molecule has 1 aromatic rings. The van der Waals surface area contributed by atoms with Crippen molar-refractivity contribution in [2.45, 2.75) is 11.2 Å². The van der Waals surface area contributed by atoms with Gasteiger partial charge >= 0.3 is 5.97 Å². The van der Waals surface area contributed by atoms with Crippen LogP contribution in [-0.2, 0) is 19.5 Å². The summed E-state index contributed by atoms with van der Waals surface area (Å²) >= 11 is 2.94. The summed E-state index contributed by atoms with van der Waals surface area (Å²) in [7, 11) is -1.64. The van der Waals surface area contributed by atoms with Crippen molar-refractivity contribution in [1.82, 2.24) is 4.72 Å². The van der Waals surface area contributed by atoms with E-state index in [2.05, 4.69) is 20.7 Å². The second kappa shape index (κ2) is 7.27. The highest BCUT2D eigenvalue weighted by atomic mass is 79.9. The van der Waals surface area contributed by atoms with Gasteiger partial charge in [0.2, 0.25) is 10.0 Å². The normalized spacial score (nSPS) is 11.9. The lowest BCUT2D eigenvalue weighted by molar-refractivity contribution is -0.0960. The predicted molar refractivity (Wildman–Crippen MR) is 74.1 cm³/mol. The van der Waals surface area contributed by atoms with Crippen molar-refractivity contribution >= 4 is 31.9 Å². The average molecular weight is 386 g/mol. The third kappa shape index (κ3) is 4.45. The lowest BCUT2D eigenvalue weighted by Gasteiger charge is -2.15. The summed E-state index contributed by atoms with van der Waals surface area (Å²) in [5, 5.41) is 8.86. The summed E-state index contributed by atoms with van der Waals surface area (Å²) in [6, 6.07) is 1.95. The Morgan fingerprint density at radius 3 is 2.48 bits per heavy atom. The largest absolute Gasteiger partial charge is 0.478 e. The van der Waals surface area contributed by atoms with Crippen LogP contribution in [-0.4, -0.2) is 46.5 Å². The minimum absolute atomic E-state index is 0.122. The van der Waals surface area contributed by atoms with Crippen LogP contribution in [0.4, 0.5) is 4.39 Å². The van der Waals surface area contributed by atoms with Crippen LogP contribution in [0.15, 0.2) is 21.5 Å². The van der Waals surface area contributed by atoms with Crippen molar-refractivity contribution in [2.75, 3.05) is 20.8 Å². The number of hydrogen-bond donors (Lipinski definition) is 2. The molecule has 0 aliphatic rings. The van der Waals surface area contributed by atoms with Gasteiger partial charge in [-0.15, -0.1) is 0 Å². The molecule has 0 fully saturated rings. The van der Waals surface area contributed by atoms with Crippen molar-refractivity contribution in [3.05, 3.63) is 28.0 Å². The molecular weight excluding hydrogens is 373 g/mol. The van der Waals surface area contributed by atoms with Crippen LogP contribution in [0.1, 0.15) is 10.4 Å². The van der Waals surface area contributed by atoms with Crippen molar-refractivity contribution in [3.63, 3.8) is 0 Å². The highest BCUT2D eigenvalue weighted by Gasteiger charge is 2.25. The van der Waals surface area contributed by atoms with Crippen LogP contribution in [0.25, 0.3) is 0 Å². The van der Waals surface area contributed by atoms with E-state index in [0.29, 0.717) is 0 Å². The second-order valence-corrected chi connectivity index (χ2v) is 6.47. The number of rotatable bonds is 7. The van der Waals surface area contributed by atoms with Gasteiger partial charge in [-0.25, -0.2) is 22.3 Å². The van der Waals surface area contributed by atoms with Gasteiger partial charge in [-0.2, -0.15) is 0 Å². The van der Waals surface area contributed by atoms with Gasteiger partial charge in [-0.1, -0.05) is 15.9 Å². The van der Waals surface area contributed by atoms with Crippen LogP contribution in [0.2, 0.25) is 0 Å². The first kappa shape index (κ1) is 18.0. The zero-order valence-corrected chi connectivity index (χ0v) is 13.5. The molecule has 0 saturated heterocycles. The van der Waals surface area contributed by atoms with E-state index in [4.69, 9.17) is 14.6 Å². The topological polar surface area (TPSA) is 102 Å². The molecule has 0 unspecified atom stereocenters. The van der Waals surface area contributed by atoms with E-state index in [1.54, 1.807) is 0 Å². The molecule has 21 heavy (non-hydrogen) atoms. The monoisotopic (exact) mass is 385 g/mol. The fraction of sp³-hybridized carbons (Fsp3) is 0.364. The number of hydrogen-bond acceptors (Lipinski definition) is 5. The average Bonchev–Trinajstić information content (AvgIpc) is 2.41. The molecule has 118 valence electrons. The van der Waals surface area contributed by atoms with Crippen LogP contribution in [0.5, 0.6) is 0 Å². The molecule has 0 bridgehead atoms. The molecular formula is C11H13BrFNO6S. The summed E-state index contributed by atoms with van der Waals surface area (Å²) < 4.78 is 49.9. The van der Waals surface area contributed by atoms with Crippen LogP contribution in [0.3, 0.4) is 0 Å². The van der Waals surface area contributed by atoms with Crippen LogP contribution in [0, 0.1) is 5.82 Å². The smallest absolute Gasteiger partial charge is 0.338 e. The first-order valence-corrected chi connectivity index (χ1v) is 7.78. The van der Waals surface area contributed by atoms with E-state index >= 15 is 0 Å². The molecule has 0 aliphatic heterocycles. The van der Waals surface area contributed by atoms with Gasteiger partial charge in [0.1, 0.15) is 4.90 Å². The Balaban J connectivity index is 3.17. The van der Waals surface area contributed by atoms with E-state index in [1.165, 1.54) is 14.2 Å². The van der Waals surface area contributed by atoms with Crippen molar-refractivity contribution in [1.29, 1.82) is 0 Å². The fourth-order valence-corrected chi connectivity index (χ4v) is 3.18. The zero-order chi connectivity index (χ0) is 16.2. The van der Waals surface area contributed by atoms with Crippen LogP contribution < -0.4 is 4.72 Å². The molecule has 0 amide bonds. The van der Waals surface area contributed by atoms with E-state index < -0.39 is 38.6 Å². The highest BCUT2D eigenvalue weighted by Crippen LogP contribution is 2.24. The van der Waals surface area contributed by atoms with Gasteiger partial charge in [0.15, 0.2) is 12.1 Å². The Kier molecular flexibility index (Phi) is 6.23. The quantitative estimate of drug-likeness (QED) is 0.683. The standard InChI is InChI=1S/C11H13BrFNO6S/c1-19-9(20-2)5-14-21(17,18)8-4-6(12)3-7(10(8)13)11(15)16/h3-4,9,14H,5H2,1-2H3,(H,15,16). The molecule has 0 aliphatic carbocycles. The molecule has 7 nitrogen and oxygen atoms in total. The van der Waals surface area contributed by atoms with Gasteiger partial charge in [-0.05, 0) is 12.1 Å². The fourth-order valence-electron chi connectivity index (χ4n) is 1.43. The molecule has 0 spiro atoms.